The molecule has 0 radical (unpaired) electrons. The first-order valence-corrected chi connectivity index (χ1v) is 14.2. The number of phosphoric ester groups is 1. The molecule has 0 amide bonds. The Bertz CT molecular complexity index is 1230. The van der Waals surface area contributed by atoms with Gasteiger partial charge in [0.1, 0.15) is 11.5 Å². The van der Waals surface area contributed by atoms with Gasteiger partial charge < -0.3 is 9.26 Å². The third-order valence-corrected chi connectivity index (χ3v) is 8.59. The molecule has 5 rings (SSSR count). The molecule has 6 nitrogen and oxygen atoms in total. The van der Waals surface area contributed by atoms with Crippen LogP contribution in [0.4, 0.5) is 0 Å². The van der Waals surface area contributed by atoms with E-state index < -0.39 is 7.82 Å². The molecule has 0 spiro atoms. The Morgan fingerprint density at radius 1 is 1.03 bits per heavy atom. The van der Waals surface area contributed by atoms with Crippen LogP contribution in [0, 0.1) is 11.8 Å². The van der Waals surface area contributed by atoms with Gasteiger partial charge in [-0.2, -0.15) is 5.90 Å². The summed E-state index contributed by atoms with van der Waals surface area (Å²) in [6.07, 6.45) is 9.37. The molecule has 2 aromatic carbocycles. The molecule has 1 saturated carbocycles. The van der Waals surface area contributed by atoms with Crippen LogP contribution < -0.4 is 15.2 Å². The van der Waals surface area contributed by atoms with E-state index in [1.807, 2.05) is 18.2 Å². The number of phosphoric acid groups is 1. The minimum atomic E-state index is -4.39. The molecular formula is C26H29Cl2NO5P+. The maximum absolute atomic E-state index is 12.1. The lowest BCUT2D eigenvalue weighted by atomic mass is 9.62. The molecule has 2 bridgehead atoms. The van der Waals surface area contributed by atoms with E-state index in [1.165, 1.54) is 31.3 Å². The molecule has 1 fully saturated rings. The van der Waals surface area contributed by atoms with Crippen molar-refractivity contribution in [1.82, 2.24) is 0 Å². The topological polar surface area (TPSA) is 92.6 Å². The van der Waals surface area contributed by atoms with Gasteiger partial charge in [-0.3, -0.25) is 4.89 Å². The molecule has 0 aromatic heterocycles. The van der Waals surface area contributed by atoms with Crippen molar-refractivity contribution >= 4 is 36.8 Å². The second-order valence-corrected chi connectivity index (χ2v) is 11.6. The van der Waals surface area contributed by atoms with E-state index in [1.54, 1.807) is 35.4 Å². The molecule has 9 heteroatoms. The maximum Gasteiger partial charge on any atom is 0.574 e. The van der Waals surface area contributed by atoms with Crippen LogP contribution in [0.2, 0.25) is 10.0 Å². The summed E-state index contributed by atoms with van der Waals surface area (Å²) in [4.78, 5) is 9.83. The minimum absolute atomic E-state index is 0.0370. The predicted molar refractivity (Wildman–Crippen MR) is 136 cm³/mol. The fourth-order valence-corrected chi connectivity index (χ4v) is 6.58. The summed E-state index contributed by atoms with van der Waals surface area (Å²) < 4.78 is 28.2. The highest BCUT2D eigenvalue weighted by atomic mass is 35.5. The van der Waals surface area contributed by atoms with Gasteiger partial charge in [0.2, 0.25) is 0 Å². The first-order chi connectivity index (χ1) is 16.8. The summed E-state index contributed by atoms with van der Waals surface area (Å²) in [6.45, 7) is 0. The zero-order valence-electron chi connectivity index (χ0n) is 19.3. The van der Waals surface area contributed by atoms with Gasteiger partial charge in [0.25, 0.3) is 0 Å². The highest BCUT2D eigenvalue weighted by Crippen LogP contribution is 2.54. The molecule has 3 unspecified atom stereocenters. The number of ether oxygens (including phenoxy) is 1. The average molecular weight is 537 g/mol. The first kappa shape index (κ1) is 24.9. The van der Waals surface area contributed by atoms with Gasteiger partial charge in [-0.1, -0.05) is 45.4 Å². The van der Waals surface area contributed by atoms with Gasteiger partial charge >= 0.3 is 7.82 Å². The fourth-order valence-electron chi connectivity index (χ4n) is 5.79. The smallest absolute Gasteiger partial charge is 0.457 e. The van der Waals surface area contributed by atoms with Crippen molar-refractivity contribution < 1.29 is 29.2 Å². The van der Waals surface area contributed by atoms with Crippen LogP contribution in [0.25, 0.3) is 5.76 Å². The van der Waals surface area contributed by atoms with Gasteiger partial charge in [-0.15, -0.1) is 0 Å². The second-order valence-electron chi connectivity index (χ2n) is 9.40. The van der Waals surface area contributed by atoms with Crippen molar-refractivity contribution in [2.45, 2.75) is 51.4 Å². The van der Waals surface area contributed by atoms with Gasteiger partial charge in [0.05, 0.1) is 5.02 Å². The van der Waals surface area contributed by atoms with Gasteiger partial charge in [0.15, 0.2) is 5.75 Å². The van der Waals surface area contributed by atoms with Gasteiger partial charge in [-0.25, -0.2) is 4.57 Å². The van der Waals surface area contributed by atoms with E-state index >= 15 is 0 Å². The van der Waals surface area contributed by atoms with E-state index in [0.29, 0.717) is 22.6 Å². The molecule has 0 heterocycles. The monoisotopic (exact) mass is 536 g/mol. The SMILES string of the molecule is [NH3+]OP(=O)(O)Oc1cc(C(Oc2ccc(Cl)cc2)=C2C3CCCC2C2=C(CCCC2)C3)ccc1Cl. The van der Waals surface area contributed by atoms with Crippen molar-refractivity contribution in [1.29, 1.82) is 0 Å². The Balaban J connectivity index is 1.65. The number of halogens is 2. The Kier molecular flexibility index (Phi) is 7.32. The summed E-state index contributed by atoms with van der Waals surface area (Å²) in [5, 5.41) is 0.823. The summed E-state index contributed by atoms with van der Waals surface area (Å²) in [5.41, 5.74) is 5.28. The van der Waals surface area contributed by atoms with Crippen molar-refractivity contribution in [3.05, 3.63) is 74.8 Å². The molecule has 2 aromatic rings. The number of benzene rings is 2. The number of quaternary nitrogens is 1. The zero-order chi connectivity index (χ0) is 24.6. The van der Waals surface area contributed by atoms with Crippen LogP contribution in [0.15, 0.2) is 59.2 Å². The highest BCUT2D eigenvalue weighted by molar-refractivity contribution is 7.47. The van der Waals surface area contributed by atoms with Crippen molar-refractivity contribution in [3.8, 4) is 11.5 Å². The molecule has 3 atom stereocenters. The Hall–Kier alpha value is -1.79. The number of hydrogen-bond donors (Lipinski definition) is 2. The molecule has 0 saturated heterocycles. The molecule has 4 N–H and O–H groups in total. The molecule has 35 heavy (non-hydrogen) atoms. The standard InChI is InChI=1S/C26H28Cl2NO5P/c27-19-9-11-20(12-10-19)32-26(18-8-13-23(28)24(15-18)33-35(30,31)34-29)25-17-5-3-7-22(25)21-6-2-1-4-16(21)14-17/h8-13,15,17,22H,1-7,14H2,29H3/p+1. The van der Waals surface area contributed by atoms with E-state index in [0.717, 1.165) is 37.0 Å². The van der Waals surface area contributed by atoms with E-state index in [9.17, 15) is 9.46 Å². The summed E-state index contributed by atoms with van der Waals surface area (Å²) in [5.74, 6) is 5.24. The molecule has 3 aliphatic rings. The van der Waals surface area contributed by atoms with Crippen LogP contribution in [0.5, 0.6) is 11.5 Å². The lowest BCUT2D eigenvalue weighted by Crippen LogP contribution is -2.47. The number of hydrogen-bond acceptors (Lipinski definition) is 4. The van der Waals surface area contributed by atoms with E-state index in [2.05, 4.69) is 10.5 Å². The Morgan fingerprint density at radius 2 is 1.80 bits per heavy atom. The minimum Gasteiger partial charge on any atom is -0.457 e. The Morgan fingerprint density at radius 3 is 2.57 bits per heavy atom. The van der Waals surface area contributed by atoms with E-state index in [4.69, 9.17) is 32.5 Å². The van der Waals surface area contributed by atoms with Crippen LogP contribution >= 0.6 is 31.0 Å². The molecule has 3 aliphatic carbocycles. The quantitative estimate of drug-likeness (QED) is 0.177. The van der Waals surface area contributed by atoms with Gasteiger partial charge in [0, 0.05) is 16.5 Å². The molecular weight excluding hydrogens is 508 g/mol. The predicted octanol–water partition coefficient (Wildman–Crippen LogP) is 7.13. The fraction of sp³-hybridized carbons (Fsp3) is 0.385. The first-order valence-electron chi connectivity index (χ1n) is 12.0. The highest BCUT2D eigenvalue weighted by Gasteiger charge is 2.40. The maximum atomic E-state index is 12.1. The summed E-state index contributed by atoms with van der Waals surface area (Å²) in [7, 11) is -4.39. The summed E-state index contributed by atoms with van der Waals surface area (Å²) >= 11 is 12.4. The number of allylic oxidation sites excluding steroid dienone is 3. The second kappa shape index (κ2) is 10.3. The van der Waals surface area contributed by atoms with Crippen LogP contribution in [-0.4, -0.2) is 4.89 Å². The van der Waals surface area contributed by atoms with Crippen molar-refractivity contribution in [2.75, 3.05) is 0 Å². The third kappa shape index (κ3) is 5.34. The van der Waals surface area contributed by atoms with Crippen LogP contribution in [-0.2, 0) is 9.19 Å². The van der Waals surface area contributed by atoms with Gasteiger partial charge in [-0.05, 0) is 98.9 Å². The summed E-state index contributed by atoms with van der Waals surface area (Å²) in [6, 6.07) is 12.4. The molecule has 186 valence electrons. The Labute approximate surface area is 215 Å². The lowest BCUT2D eigenvalue weighted by molar-refractivity contribution is -0.642. The average Bonchev–Trinajstić information content (AvgIpc) is 2.85. The molecule has 0 aliphatic heterocycles. The number of rotatable bonds is 6. The van der Waals surface area contributed by atoms with Crippen LogP contribution in [0.3, 0.4) is 0 Å². The van der Waals surface area contributed by atoms with Crippen LogP contribution in [0.1, 0.15) is 56.9 Å². The zero-order valence-corrected chi connectivity index (χ0v) is 21.7. The lowest BCUT2D eigenvalue weighted by Gasteiger charge is -2.43. The van der Waals surface area contributed by atoms with Crippen molar-refractivity contribution in [3.63, 3.8) is 0 Å². The normalized spacial score (nSPS) is 24.9. The third-order valence-electron chi connectivity index (χ3n) is 7.27. The van der Waals surface area contributed by atoms with E-state index in [-0.39, 0.29) is 10.8 Å². The van der Waals surface area contributed by atoms with Crippen molar-refractivity contribution in [2.24, 2.45) is 11.8 Å². The largest absolute Gasteiger partial charge is 0.574 e. The number of fused-ring (bicyclic) bond motifs is 3.